The molecular weight excluding hydrogens is 342 g/mol. The summed E-state index contributed by atoms with van der Waals surface area (Å²) in [6.07, 6.45) is 0. The Labute approximate surface area is 149 Å². The Hall–Kier alpha value is -2.79. The molecule has 0 fully saturated rings. The van der Waals surface area contributed by atoms with Crippen LogP contribution in [0.1, 0.15) is 17.5 Å². The fraction of sp³-hybridized carbons (Fsp3) is 0.158. The van der Waals surface area contributed by atoms with E-state index in [1.165, 1.54) is 0 Å². The maximum Gasteiger partial charge on any atom is 0.374 e. The molecule has 0 unspecified atom stereocenters. The number of hydrogen-bond acceptors (Lipinski definition) is 4. The second-order valence-corrected chi connectivity index (χ2v) is 5.78. The van der Waals surface area contributed by atoms with Crippen molar-refractivity contribution >= 4 is 40.1 Å². The number of carbonyl (C=O) groups is 2. The maximum atomic E-state index is 12.3. The quantitative estimate of drug-likeness (QED) is 0.639. The summed E-state index contributed by atoms with van der Waals surface area (Å²) in [6.45, 7) is 1.97. The fourth-order valence-corrected chi connectivity index (χ4v) is 2.68. The molecule has 0 aliphatic heterocycles. The highest BCUT2D eigenvalue weighted by Gasteiger charge is 2.19. The van der Waals surface area contributed by atoms with E-state index in [1.54, 1.807) is 29.2 Å². The largest absolute Gasteiger partial charge is 0.450 e. The number of ether oxygens (including phenoxy) is 1. The van der Waals surface area contributed by atoms with Crippen LogP contribution in [0, 0.1) is 0 Å². The minimum Gasteiger partial charge on any atom is -0.450 e. The van der Waals surface area contributed by atoms with Crippen LogP contribution in [0.4, 0.5) is 5.69 Å². The number of carbonyl (C=O) groups excluding carboxylic acids is 2. The molecule has 0 saturated carbocycles. The number of hydrogen-bond donors (Lipinski definition) is 0. The van der Waals surface area contributed by atoms with Crippen molar-refractivity contribution in [1.29, 1.82) is 0 Å². The van der Waals surface area contributed by atoms with Crippen LogP contribution in [0.25, 0.3) is 11.0 Å². The first-order valence-corrected chi connectivity index (χ1v) is 8.18. The zero-order chi connectivity index (χ0) is 17.8. The molecule has 6 heteroatoms. The second kappa shape index (κ2) is 7.40. The first-order valence-electron chi connectivity index (χ1n) is 7.80. The number of anilines is 1. The number of furan rings is 1. The Balaban J connectivity index is 1.67. The molecule has 1 amide bonds. The van der Waals surface area contributed by atoms with Gasteiger partial charge in [-0.1, -0.05) is 29.8 Å². The number of benzene rings is 2. The third-order valence-corrected chi connectivity index (χ3v) is 3.93. The van der Waals surface area contributed by atoms with Gasteiger partial charge in [0.05, 0.1) is 0 Å². The number of nitrogens with zero attached hydrogens (tertiary/aromatic N) is 1. The van der Waals surface area contributed by atoms with E-state index in [1.807, 2.05) is 37.3 Å². The van der Waals surface area contributed by atoms with E-state index in [9.17, 15) is 9.59 Å². The van der Waals surface area contributed by atoms with Crippen LogP contribution in [0.5, 0.6) is 0 Å². The van der Waals surface area contributed by atoms with Gasteiger partial charge in [0.25, 0.3) is 5.91 Å². The van der Waals surface area contributed by atoms with Gasteiger partial charge in [0, 0.05) is 22.6 Å². The normalized spacial score (nSPS) is 10.6. The topological polar surface area (TPSA) is 59.8 Å². The molecule has 0 atom stereocenters. The van der Waals surface area contributed by atoms with Gasteiger partial charge >= 0.3 is 5.97 Å². The lowest BCUT2D eigenvalue weighted by atomic mass is 10.2. The molecule has 5 nitrogen and oxygen atoms in total. The standard InChI is InChI=1S/C19H16ClNO4/c1-2-21(15-6-4-3-5-7-15)18(22)12-24-19(23)17-11-13-10-14(20)8-9-16(13)25-17/h3-11H,2,12H2,1H3. The maximum absolute atomic E-state index is 12.3. The summed E-state index contributed by atoms with van der Waals surface area (Å²) in [4.78, 5) is 26.0. The van der Waals surface area contributed by atoms with Crippen molar-refractivity contribution in [2.75, 3.05) is 18.1 Å². The van der Waals surface area contributed by atoms with Gasteiger partial charge in [-0.05, 0) is 43.3 Å². The lowest BCUT2D eigenvalue weighted by molar-refractivity contribution is -0.121. The van der Waals surface area contributed by atoms with Gasteiger partial charge in [-0.25, -0.2) is 4.79 Å². The predicted octanol–water partition coefficient (Wildman–Crippen LogP) is 4.30. The molecule has 0 saturated heterocycles. The average molecular weight is 358 g/mol. The van der Waals surface area contributed by atoms with Gasteiger partial charge < -0.3 is 14.1 Å². The molecule has 0 spiro atoms. The van der Waals surface area contributed by atoms with Gasteiger partial charge in [-0.15, -0.1) is 0 Å². The van der Waals surface area contributed by atoms with Crippen molar-refractivity contribution in [2.24, 2.45) is 0 Å². The summed E-state index contributed by atoms with van der Waals surface area (Å²) >= 11 is 5.91. The highest BCUT2D eigenvalue weighted by molar-refractivity contribution is 6.31. The van der Waals surface area contributed by atoms with Crippen LogP contribution in [-0.2, 0) is 9.53 Å². The molecule has 1 heterocycles. The zero-order valence-corrected chi connectivity index (χ0v) is 14.3. The molecule has 2 aromatic carbocycles. The lowest BCUT2D eigenvalue weighted by Gasteiger charge is -2.20. The van der Waals surface area contributed by atoms with Crippen LogP contribution < -0.4 is 4.90 Å². The van der Waals surface area contributed by atoms with Gasteiger partial charge in [0.15, 0.2) is 6.61 Å². The number of esters is 1. The van der Waals surface area contributed by atoms with Crippen molar-refractivity contribution in [3.05, 3.63) is 65.4 Å². The van der Waals surface area contributed by atoms with Gasteiger partial charge in [-0.3, -0.25) is 4.79 Å². The van der Waals surface area contributed by atoms with Crippen LogP contribution in [0.3, 0.4) is 0 Å². The molecule has 25 heavy (non-hydrogen) atoms. The molecular formula is C19H16ClNO4. The molecule has 0 radical (unpaired) electrons. The van der Waals surface area contributed by atoms with E-state index in [-0.39, 0.29) is 18.3 Å². The van der Waals surface area contributed by atoms with Crippen molar-refractivity contribution in [3.8, 4) is 0 Å². The Bertz CT molecular complexity index is 904. The Morgan fingerprint density at radius 2 is 1.88 bits per heavy atom. The van der Waals surface area contributed by atoms with Crippen molar-refractivity contribution < 1.29 is 18.7 Å². The van der Waals surface area contributed by atoms with E-state index in [2.05, 4.69) is 0 Å². The van der Waals surface area contributed by atoms with E-state index in [0.717, 1.165) is 5.69 Å². The highest BCUT2D eigenvalue weighted by Crippen LogP contribution is 2.23. The molecule has 0 aliphatic rings. The number of rotatable bonds is 5. The monoisotopic (exact) mass is 357 g/mol. The summed E-state index contributed by atoms with van der Waals surface area (Å²) in [6, 6.07) is 15.8. The third kappa shape index (κ3) is 3.83. The SMILES string of the molecule is CCN(C(=O)COC(=O)c1cc2cc(Cl)ccc2o1)c1ccccc1. The van der Waals surface area contributed by atoms with Crippen LogP contribution >= 0.6 is 11.6 Å². The summed E-state index contributed by atoms with van der Waals surface area (Å²) in [5.41, 5.74) is 1.28. The van der Waals surface area contributed by atoms with Crippen LogP contribution in [0.2, 0.25) is 5.02 Å². The van der Waals surface area contributed by atoms with Crippen LogP contribution in [-0.4, -0.2) is 25.0 Å². The Kier molecular flexibility index (Phi) is 5.05. The molecule has 3 rings (SSSR count). The third-order valence-electron chi connectivity index (χ3n) is 3.69. The number of amides is 1. The summed E-state index contributed by atoms with van der Waals surface area (Å²) in [5, 5.41) is 1.25. The minimum absolute atomic E-state index is 0.0350. The van der Waals surface area contributed by atoms with Crippen molar-refractivity contribution in [2.45, 2.75) is 6.92 Å². The molecule has 0 bridgehead atoms. The highest BCUT2D eigenvalue weighted by atomic mass is 35.5. The van der Waals surface area contributed by atoms with Gasteiger partial charge in [-0.2, -0.15) is 0 Å². The van der Waals surface area contributed by atoms with Gasteiger partial charge in [0.2, 0.25) is 5.76 Å². The van der Waals surface area contributed by atoms with E-state index < -0.39 is 5.97 Å². The van der Waals surface area contributed by atoms with E-state index in [0.29, 0.717) is 22.5 Å². The van der Waals surface area contributed by atoms with Crippen molar-refractivity contribution in [3.63, 3.8) is 0 Å². The summed E-state index contributed by atoms with van der Waals surface area (Å²) in [7, 11) is 0. The number of halogens is 1. The smallest absolute Gasteiger partial charge is 0.374 e. The van der Waals surface area contributed by atoms with Crippen molar-refractivity contribution in [1.82, 2.24) is 0 Å². The molecule has 128 valence electrons. The number of likely N-dealkylation sites (N-methyl/N-ethyl adjacent to an activating group) is 1. The average Bonchev–Trinajstić information content (AvgIpc) is 3.04. The van der Waals surface area contributed by atoms with E-state index in [4.69, 9.17) is 20.8 Å². The Morgan fingerprint density at radius 1 is 1.12 bits per heavy atom. The summed E-state index contributed by atoms with van der Waals surface area (Å²) in [5.74, 6) is -0.959. The van der Waals surface area contributed by atoms with Gasteiger partial charge in [0.1, 0.15) is 5.58 Å². The molecule has 1 aromatic heterocycles. The Morgan fingerprint density at radius 3 is 2.60 bits per heavy atom. The number of fused-ring (bicyclic) bond motifs is 1. The summed E-state index contributed by atoms with van der Waals surface area (Å²) < 4.78 is 10.5. The zero-order valence-electron chi connectivity index (χ0n) is 13.6. The second-order valence-electron chi connectivity index (χ2n) is 5.34. The molecule has 0 aliphatic carbocycles. The molecule has 3 aromatic rings. The number of para-hydroxylation sites is 1. The van der Waals surface area contributed by atoms with E-state index >= 15 is 0 Å². The molecule has 0 N–H and O–H groups in total. The first kappa shape index (κ1) is 17.0. The van der Waals surface area contributed by atoms with Crippen LogP contribution in [0.15, 0.2) is 59.0 Å². The minimum atomic E-state index is -0.690. The fourth-order valence-electron chi connectivity index (χ4n) is 2.50. The first-order chi connectivity index (χ1) is 12.1. The lowest BCUT2D eigenvalue weighted by Crippen LogP contribution is -2.34. The predicted molar refractivity (Wildman–Crippen MR) is 96.0 cm³/mol.